The number of ether oxygens (including phenoxy) is 1. The Kier molecular flexibility index (Phi) is 3.47. The first-order valence-corrected chi connectivity index (χ1v) is 6.09. The number of anilines is 2. The van der Waals surface area contributed by atoms with E-state index in [0.717, 1.165) is 4.88 Å². The molecule has 5 nitrogen and oxygen atoms in total. The zero-order chi connectivity index (χ0) is 13.1. The van der Waals surface area contributed by atoms with E-state index in [4.69, 9.17) is 10.5 Å². The molecule has 0 saturated carbocycles. The van der Waals surface area contributed by atoms with Gasteiger partial charge in [0.1, 0.15) is 5.75 Å². The second kappa shape index (κ2) is 5.05. The van der Waals surface area contributed by atoms with Gasteiger partial charge in [-0.3, -0.25) is 10.1 Å². The highest BCUT2D eigenvalue weighted by Crippen LogP contribution is 2.23. The van der Waals surface area contributed by atoms with E-state index in [9.17, 15) is 4.79 Å². The predicted molar refractivity (Wildman–Crippen MR) is 72.2 cm³/mol. The molecular formula is C12H13N3O2S. The maximum atomic E-state index is 12.0. The predicted octanol–water partition coefficient (Wildman–Crippen LogP) is 2.29. The number of carbonyl (C=O) groups excluding carboxylic acids is 1. The SMILES string of the molecule is COc1cc(C(=O)Nc2ncc(C)s2)ccc1N. The molecule has 0 bridgehead atoms. The molecule has 1 aromatic heterocycles. The third-order valence-corrected chi connectivity index (χ3v) is 3.17. The number of nitrogens with one attached hydrogen (secondary N) is 1. The van der Waals surface area contributed by atoms with E-state index in [-0.39, 0.29) is 5.91 Å². The fourth-order valence-electron chi connectivity index (χ4n) is 1.43. The summed E-state index contributed by atoms with van der Waals surface area (Å²) < 4.78 is 5.07. The minimum Gasteiger partial charge on any atom is -0.495 e. The number of hydrogen-bond donors (Lipinski definition) is 2. The highest BCUT2D eigenvalue weighted by Gasteiger charge is 2.10. The Balaban J connectivity index is 2.18. The normalized spacial score (nSPS) is 10.1. The Labute approximate surface area is 109 Å². The summed E-state index contributed by atoms with van der Waals surface area (Å²) in [5, 5.41) is 3.30. The lowest BCUT2D eigenvalue weighted by Crippen LogP contribution is -2.12. The molecule has 1 heterocycles. The molecule has 3 N–H and O–H groups in total. The molecule has 1 aromatic carbocycles. The average Bonchev–Trinajstić information content (AvgIpc) is 2.75. The second-order valence-corrected chi connectivity index (χ2v) is 4.92. The first kappa shape index (κ1) is 12.4. The first-order chi connectivity index (χ1) is 8.60. The number of hydrogen-bond acceptors (Lipinski definition) is 5. The molecule has 0 aliphatic rings. The zero-order valence-corrected chi connectivity index (χ0v) is 10.9. The van der Waals surface area contributed by atoms with Crippen LogP contribution < -0.4 is 15.8 Å². The van der Waals surface area contributed by atoms with Crippen LogP contribution in [0.4, 0.5) is 10.8 Å². The van der Waals surface area contributed by atoms with E-state index in [1.165, 1.54) is 18.4 Å². The molecule has 0 aliphatic carbocycles. The number of amides is 1. The number of aryl methyl sites for hydroxylation is 1. The van der Waals surface area contributed by atoms with Gasteiger partial charge in [0.15, 0.2) is 5.13 Å². The lowest BCUT2D eigenvalue weighted by Gasteiger charge is -2.06. The van der Waals surface area contributed by atoms with Crippen molar-refractivity contribution in [3.05, 3.63) is 34.8 Å². The van der Waals surface area contributed by atoms with Gasteiger partial charge < -0.3 is 10.5 Å². The number of nitrogens with zero attached hydrogens (tertiary/aromatic N) is 1. The Morgan fingerprint density at radius 3 is 2.89 bits per heavy atom. The standard InChI is InChI=1S/C12H13N3O2S/c1-7-6-14-12(18-7)15-11(16)8-3-4-9(13)10(5-8)17-2/h3-6H,13H2,1-2H3,(H,14,15,16). The van der Waals surface area contributed by atoms with Gasteiger partial charge in [-0.2, -0.15) is 0 Å². The topological polar surface area (TPSA) is 77.2 Å². The molecule has 2 aromatic rings. The summed E-state index contributed by atoms with van der Waals surface area (Å²) in [5.74, 6) is 0.251. The van der Waals surface area contributed by atoms with Crippen molar-refractivity contribution in [1.82, 2.24) is 4.98 Å². The van der Waals surface area contributed by atoms with Crippen LogP contribution in [0.5, 0.6) is 5.75 Å². The number of thiazole rings is 1. The van der Waals surface area contributed by atoms with Crippen molar-refractivity contribution in [3.63, 3.8) is 0 Å². The minimum absolute atomic E-state index is 0.234. The van der Waals surface area contributed by atoms with Crippen molar-refractivity contribution in [3.8, 4) is 5.75 Å². The number of carbonyl (C=O) groups is 1. The van der Waals surface area contributed by atoms with Crippen LogP contribution in [0.3, 0.4) is 0 Å². The number of aromatic nitrogens is 1. The summed E-state index contributed by atoms with van der Waals surface area (Å²) in [4.78, 5) is 17.1. The van der Waals surface area contributed by atoms with E-state index in [0.29, 0.717) is 22.1 Å². The molecule has 94 valence electrons. The molecule has 1 amide bonds. The summed E-state index contributed by atoms with van der Waals surface area (Å²) in [6.07, 6.45) is 1.71. The van der Waals surface area contributed by atoms with E-state index >= 15 is 0 Å². The quantitative estimate of drug-likeness (QED) is 0.833. The smallest absolute Gasteiger partial charge is 0.257 e. The van der Waals surface area contributed by atoms with Crippen LogP contribution in [0.25, 0.3) is 0 Å². The molecular weight excluding hydrogens is 250 g/mol. The van der Waals surface area contributed by atoms with Crippen molar-refractivity contribution in [1.29, 1.82) is 0 Å². The van der Waals surface area contributed by atoms with Crippen LogP contribution in [0, 0.1) is 6.92 Å². The van der Waals surface area contributed by atoms with Crippen LogP contribution in [-0.4, -0.2) is 18.0 Å². The molecule has 0 saturated heterocycles. The van der Waals surface area contributed by atoms with E-state index in [1.807, 2.05) is 6.92 Å². The monoisotopic (exact) mass is 263 g/mol. The minimum atomic E-state index is -0.234. The van der Waals surface area contributed by atoms with Crippen LogP contribution in [0.2, 0.25) is 0 Å². The fraction of sp³-hybridized carbons (Fsp3) is 0.167. The third kappa shape index (κ3) is 2.60. The van der Waals surface area contributed by atoms with Crippen LogP contribution in [-0.2, 0) is 0 Å². The number of methoxy groups -OCH3 is 1. The second-order valence-electron chi connectivity index (χ2n) is 3.69. The molecule has 0 aliphatic heterocycles. The Hall–Kier alpha value is -2.08. The summed E-state index contributed by atoms with van der Waals surface area (Å²) >= 11 is 1.42. The molecule has 0 spiro atoms. The highest BCUT2D eigenvalue weighted by atomic mass is 32.1. The van der Waals surface area contributed by atoms with E-state index in [2.05, 4.69) is 10.3 Å². The molecule has 2 rings (SSSR count). The highest BCUT2D eigenvalue weighted by molar-refractivity contribution is 7.15. The lowest BCUT2D eigenvalue weighted by molar-refractivity contribution is 0.102. The van der Waals surface area contributed by atoms with Gasteiger partial charge in [0.2, 0.25) is 0 Å². The van der Waals surface area contributed by atoms with Crippen LogP contribution >= 0.6 is 11.3 Å². The fourth-order valence-corrected chi connectivity index (χ4v) is 2.09. The van der Waals surface area contributed by atoms with Crippen molar-refractivity contribution < 1.29 is 9.53 Å². The Morgan fingerprint density at radius 2 is 2.28 bits per heavy atom. The lowest BCUT2D eigenvalue weighted by atomic mass is 10.2. The zero-order valence-electron chi connectivity index (χ0n) is 10.1. The van der Waals surface area contributed by atoms with Crippen LogP contribution in [0.15, 0.2) is 24.4 Å². The average molecular weight is 263 g/mol. The van der Waals surface area contributed by atoms with E-state index < -0.39 is 0 Å². The number of nitrogens with two attached hydrogens (primary N) is 1. The maximum absolute atomic E-state index is 12.0. The molecule has 18 heavy (non-hydrogen) atoms. The van der Waals surface area contributed by atoms with Gasteiger partial charge in [0, 0.05) is 16.6 Å². The van der Waals surface area contributed by atoms with Gasteiger partial charge in [-0.1, -0.05) is 0 Å². The molecule has 0 atom stereocenters. The van der Waals surface area contributed by atoms with Gasteiger partial charge >= 0.3 is 0 Å². The van der Waals surface area contributed by atoms with Crippen molar-refractivity contribution >= 4 is 28.1 Å². The summed E-state index contributed by atoms with van der Waals surface area (Å²) in [6, 6.07) is 4.89. The van der Waals surface area contributed by atoms with Gasteiger partial charge in [-0.05, 0) is 25.1 Å². The summed E-state index contributed by atoms with van der Waals surface area (Å²) in [5.41, 5.74) is 6.67. The molecule has 0 fully saturated rings. The van der Waals surface area contributed by atoms with Crippen LogP contribution in [0.1, 0.15) is 15.2 Å². The van der Waals surface area contributed by atoms with Gasteiger partial charge in [-0.15, -0.1) is 11.3 Å². The molecule has 0 radical (unpaired) electrons. The van der Waals surface area contributed by atoms with Gasteiger partial charge in [0.25, 0.3) is 5.91 Å². The summed E-state index contributed by atoms with van der Waals surface area (Å²) in [6.45, 7) is 1.93. The number of benzene rings is 1. The van der Waals surface area contributed by atoms with Crippen molar-refractivity contribution in [2.75, 3.05) is 18.2 Å². The van der Waals surface area contributed by atoms with E-state index in [1.54, 1.807) is 24.4 Å². The van der Waals surface area contributed by atoms with Gasteiger partial charge in [0.05, 0.1) is 12.8 Å². The Morgan fingerprint density at radius 1 is 1.50 bits per heavy atom. The number of nitrogen functional groups attached to an aromatic ring is 1. The largest absolute Gasteiger partial charge is 0.495 e. The molecule has 6 heteroatoms. The Bertz CT molecular complexity index is 580. The van der Waals surface area contributed by atoms with Crippen molar-refractivity contribution in [2.45, 2.75) is 6.92 Å². The summed E-state index contributed by atoms with van der Waals surface area (Å²) in [7, 11) is 1.51. The first-order valence-electron chi connectivity index (χ1n) is 5.27. The van der Waals surface area contributed by atoms with Crippen molar-refractivity contribution in [2.24, 2.45) is 0 Å². The van der Waals surface area contributed by atoms with Gasteiger partial charge in [-0.25, -0.2) is 4.98 Å². The number of rotatable bonds is 3. The molecule has 0 unspecified atom stereocenters. The maximum Gasteiger partial charge on any atom is 0.257 e. The third-order valence-electron chi connectivity index (χ3n) is 2.34.